The third-order valence-electron chi connectivity index (χ3n) is 5.22. The molecule has 0 spiro atoms. The minimum atomic E-state index is -0.596. The molecule has 0 radical (unpaired) electrons. The molecule has 2 atom stereocenters. The molecule has 6 heteroatoms. The van der Waals surface area contributed by atoms with Crippen molar-refractivity contribution in [2.45, 2.75) is 26.7 Å². The van der Waals surface area contributed by atoms with Gasteiger partial charge in [-0.1, -0.05) is 35.4 Å². The fourth-order valence-electron chi connectivity index (χ4n) is 3.48. The van der Waals surface area contributed by atoms with Crippen LogP contribution < -0.4 is 0 Å². The van der Waals surface area contributed by atoms with E-state index in [0.29, 0.717) is 11.4 Å². The maximum atomic E-state index is 12.5. The number of rotatable bonds is 4. The smallest absolute Gasteiger partial charge is 0.314 e. The molecule has 3 rings (SSSR count). The van der Waals surface area contributed by atoms with Gasteiger partial charge in [0.1, 0.15) is 11.8 Å². The van der Waals surface area contributed by atoms with Crippen LogP contribution in [0.15, 0.2) is 58.5 Å². The van der Waals surface area contributed by atoms with E-state index in [-0.39, 0.29) is 24.8 Å². The van der Waals surface area contributed by atoms with Crippen LogP contribution in [0.1, 0.15) is 24.0 Å². The van der Waals surface area contributed by atoms with E-state index < -0.39 is 11.8 Å². The summed E-state index contributed by atoms with van der Waals surface area (Å²) >= 11 is 0. The number of ether oxygens (including phenoxy) is 2. The second-order valence-corrected chi connectivity index (χ2v) is 7.44. The molecule has 0 saturated heterocycles. The first-order valence-electron chi connectivity index (χ1n) is 9.85. The number of methoxy groups -OCH3 is 2. The van der Waals surface area contributed by atoms with Gasteiger partial charge in [-0.05, 0) is 38.1 Å². The first-order chi connectivity index (χ1) is 14.4. The molecule has 2 unspecified atom stereocenters. The summed E-state index contributed by atoms with van der Waals surface area (Å²) in [7, 11) is 2.71. The number of nitrogens with zero attached hydrogens (tertiary/aromatic N) is 2. The van der Waals surface area contributed by atoms with Gasteiger partial charge in [0.2, 0.25) is 0 Å². The van der Waals surface area contributed by atoms with Crippen LogP contribution in [0, 0.1) is 25.7 Å². The molecule has 156 valence electrons. The third kappa shape index (κ3) is 5.00. The molecule has 1 aliphatic carbocycles. The van der Waals surface area contributed by atoms with Crippen LogP contribution in [-0.2, 0) is 19.1 Å². The molecule has 1 aliphatic rings. The Bertz CT molecular complexity index is 894. The first-order valence-corrected chi connectivity index (χ1v) is 9.85. The molecule has 1 saturated carbocycles. The highest BCUT2D eigenvalue weighted by molar-refractivity contribution is 6.16. The van der Waals surface area contributed by atoms with Crippen LogP contribution >= 0.6 is 0 Å². The number of aliphatic imine (C=N–C) groups is 2. The van der Waals surface area contributed by atoms with Gasteiger partial charge in [0.15, 0.2) is 0 Å². The lowest BCUT2D eigenvalue weighted by Gasteiger charge is -2.29. The molecule has 2 aromatic carbocycles. The molecule has 0 bridgehead atoms. The summed E-state index contributed by atoms with van der Waals surface area (Å²) < 4.78 is 10.0. The van der Waals surface area contributed by atoms with Crippen LogP contribution in [0.25, 0.3) is 0 Å². The fourth-order valence-corrected chi connectivity index (χ4v) is 3.48. The van der Waals surface area contributed by atoms with Gasteiger partial charge in [0, 0.05) is 24.3 Å². The summed E-state index contributed by atoms with van der Waals surface area (Å²) in [6.07, 6.45) is 0.510. The van der Waals surface area contributed by atoms with Crippen LogP contribution in [0.3, 0.4) is 0 Å². The lowest BCUT2D eigenvalue weighted by molar-refractivity contribution is -0.145. The highest BCUT2D eigenvalue weighted by Crippen LogP contribution is 2.31. The Labute approximate surface area is 176 Å². The summed E-state index contributed by atoms with van der Waals surface area (Å²) in [4.78, 5) is 34.4. The van der Waals surface area contributed by atoms with Crippen molar-refractivity contribution >= 4 is 34.7 Å². The van der Waals surface area contributed by atoms with Crippen molar-refractivity contribution in [3.05, 3.63) is 59.7 Å². The molecular weight excluding hydrogens is 380 g/mol. The molecule has 2 aromatic rings. The van der Waals surface area contributed by atoms with Crippen molar-refractivity contribution in [3.63, 3.8) is 0 Å². The molecule has 0 aromatic heterocycles. The Balaban J connectivity index is 2.02. The normalized spacial score (nSPS) is 21.5. The molecular formula is C24H26N2O4. The molecule has 0 aliphatic heterocycles. The van der Waals surface area contributed by atoms with Gasteiger partial charge in [0.25, 0.3) is 0 Å². The van der Waals surface area contributed by atoms with Crippen molar-refractivity contribution in [1.82, 2.24) is 0 Å². The van der Waals surface area contributed by atoms with E-state index in [4.69, 9.17) is 9.47 Å². The van der Waals surface area contributed by atoms with Crippen LogP contribution in [-0.4, -0.2) is 37.6 Å². The molecule has 0 heterocycles. The zero-order chi connectivity index (χ0) is 21.7. The summed E-state index contributed by atoms with van der Waals surface area (Å²) in [6, 6.07) is 15.4. The van der Waals surface area contributed by atoms with E-state index in [1.807, 2.05) is 62.4 Å². The largest absolute Gasteiger partial charge is 0.469 e. The molecule has 1 fully saturated rings. The van der Waals surface area contributed by atoms with E-state index >= 15 is 0 Å². The van der Waals surface area contributed by atoms with Crippen molar-refractivity contribution < 1.29 is 19.1 Å². The van der Waals surface area contributed by atoms with Crippen LogP contribution in [0.2, 0.25) is 0 Å². The number of aryl methyl sites for hydroxylation is 2. The number of carbonyl (C=O) groups excluding carboxylic acids is 2. The van der Waals surface area contributed by atoms with E-state index in [1.165, 1.54) is 14.2 Å². The van der Waals surface area contributed by atoms with E-state index in [9.17, 15) is 9.59 Å². The quantitative estimate of drug-likeness (QED) is 0.700. The van der Waals surface area contributed by atoms with E-state index in [1.54, 1.807) is 0 Å². The van der Waals surface area contributed by atoms with Gasteiger partial charge in [-0.15, -0.1) is 0 Å². The minimum Gasteiger partial charge on any atom is -0.469 e. The SMILES string of the molecule is COC(=O)C1CC(=Nc2ccc(C)cc2)C(C(=O)OC)CC1=Nc1ccc(C)cc1. The van der Waals surface area contributed by atoms with Gasteiger partial charge in [0.05, 0.1) is 25.6 Å². The predicted octanol–water partition coefficient (Wildman–Crippen LogP) is 4.52. The van der Waals surface area contributed by atoms with Crippen LogP contribution in [0.4, 0.5) is 11.4 Å². The third-order valence-corrected chi connectivity index (χ3v) is 5.22. The van der Waals surface area contributed by atoms with Crippen molar-refractivity contribution in [3.8, 4) is 0 Å². The summed E-state index contributed by atoms with van der Waals surface area (Å²) in [6.45, 7) is 3.99. The van der Waals surface area contributed by atoms with E-state index in [0.717, 1.165) is 22.5 Å². The number of benzene rings is 2. The number of esters is 2. The maximum absolute atomic E-state index is 12.5. The Hall–Kier alpha value is -3.28. The number of carbonyl (C=O) groups is 2. The highest BCUT2D eigenvalue weighted by atomic mass is 16.5. The van der Waals surface area contributed by atoms with E-state index in [2.05, 4.69) is 9.98 Å². The lowest BCUT2D eigenvalue weighted by Crippen LogP contribution is -2.41. The second-order valence-electron chi connectivity index (χ2n) is 7.44. The zero-order valence-electron chi connectivity index (χ0n) is 17.7. The summed E-state index contributed by atoms with van der Waals surface area (Å²) in [5, 5.41) is 0. The molecule has 6 nitrogen and oxygen atoms in total. The van der Waals surface area contributed by atoms with Gasteiger partial charge in [-0.25, -0.2) is 0 Å². The average molecular weight is 406 g/mol. The van der Waals surface area contributed by atoms with Gasteiger partial charge in [-0.2, -0.15) is 0 Å². The van der Waals surface area contributed by atoms with Gasteiger partial charge in [-0.3, -0.25) is 19.6 Å². The van der Waals surface area contributed by atoms with Gasteiger partial charge < -0.3 is 9.47 Å². The lowest BCUT2D eigenvalue weighted by atomic mass is 9.78. The minimum absolute atomic E-state index is 0.255. The number of hydrogen-bond acceptors (Lipinski definition) is 6. The first kappa shape index (κ1) is 21.4. The topological polar surface area (TPSA) is 77.3 Å². The standard InChI is InChI=1S/C24H26N2O4/c1-15-5-9-17(10-6-15)25-21-13-20(24(28)30-4)22(14-19(21)23(27)29-3)26-18-11-7-16(2)8-12-18/h5-12,19-20H,13-14H2,1-4H3. The maximum Gasteiger partial charge on any atom is 0.314 e. The Morgan fingerprint density at radius 1 is 0.700 bits per heavy atom. The molecule has 0 amide bonds. The van der Waals surface area contributed by atoms with Gasteiger partial charge >= 0.3 is 11.9 Å². The second kappa shape index (κ2) is 9.48. The predicted molar refractivity (Wildman–Crippen MR) is 117 cm³/mol. The van der Waals surface area contributed by atoms with Crippen molar-refractivity contribution in [2.24, 2.45) is 21.8 Å². The highest BCUT2D eigenvalue weighted by Gasteiger charge is 2.40. The monoisotopic (exact) mass is 406 g/mol. The molecule has 30 heavy (non-hydrogen) atoms. The Morgan fingerprint density at radius 3 is 1.33 bits per heavy atom. The van der Waals surface area contributed by atoms with Crippen LogP contribution in [0.5, 0.6) is 0 Å². The van der Waals surface area contributed by atoms with Crippen molar-refractivity contribution in [2.75, 3.05) is 14.2 Å². The Morgan fingerprint density at radius 2 is 1.03 bits per heavy atom. The Kier molecular flexibility index (Phi) is 6.77. The summed E-state index contributed by atoms with van der Waals surface area (Å²) in [5.74, 6) is -1.97. The fraction of sp³-hybridized carbons (Fsp3) is 0.333. The summed E-state index contributed by atoms with van der Waals surface area (Å²) in [5.41, 5.74) is 4.89. The molecule has 0 N–H and O–H groups in total. The van der Waals surface area contributed by atoms with Crippen molar-refractivity contribution in [1.29, 1.82) is 0 Å². The number of hydrogen-bond donors (Lipinski definition) is 0. The average Bonchev–Trinajstić information content (AvgIpc) is 2.76. The zero-order valence-corrected chi connectivity index (χ0v) is 17.7.